The molecule has 0 N–H and O–H groups in total. The van der Waals surface area contributed by atoms with Crippen molar-refractivity contribution in [1.82, 2.24) is 4.90 Å². The van der Waals surface area contributed by atoms with E-state index in [1.807, 2.05) is 0 Å². The van der Waals surface area contributed by atoms with Crippen molar-refractivity contribution >= 4 is 5.97 Å². The van der Waals surface area contributed by atoms with E-state index in [-0.39, 0.29) is 5.82 Å². The van der Waals surface area contributed by atoms with Gasteiger partial charge in [0.25, 0.3) is 5.82 Å². The van der Waals surface area contributed by atoms with Crippen LogP contribution in [0.4, 0.5) is 0 Å². The van der Waals surface area contributed by atoms with Crippen LogP contribution in [0.5, 0.6) is 0 Å². The zero-order valence-corrected chi connectivity index (χ0v) is 10.0. The fraction of sp³-hybridized carbons (Fsp3) is 0.455. The molecule has 17 heavy (non-hydrogen) atoms. The van der Waals surface area contributed by atoms with Crippen LogP contribution in [-0.2, 0) is 9.53 Å². The van der Waals surface area contributed by atoms with Crippen molar-refractivity contribution < 1.29 is 9.53 Å². The first-order valence-electron chi connectivity index (χ1n) is 5.14. The molecule has 0 aliphatic carbocycles. The second-order valence-electron chi connectivity index (χ2n) is 3.57. The van der Waals surface area contributed by atoms with Crippen molar-refractivity contribution in [3.05, 3.63) is 35.1 Å². The number of hydrogen-bond donors (Lipinski definition) is 0. The van der Waals surface area contributed by atoms with Gasteiger partial charge >= 0.3 is 5.97 Å². The summed E-state index contributed by atoms with van der Waals surface area (Å²) in [6.45, 7) is 8.85. The Bertz CT molecular complexity index is 429. The maximum Gasteiger partial charge on any atom is 0.338 e. The summed E-state index contributed by atoms with van der Waals surface area (Å²) >= 11 is 0. The maximum absolute atomic E-state index is 11.7. The van der Waals surface area contributed by atoms with Crippen molar-refractivity contribution in [2.75, 3.05) is 20.7 Å². The van der Waals surface area contributed by atoms with E-state index in [1.54, 1.807) is 38.2 Å². The third kappa shape index (κ3) is 3.41. The predicted molar refractivity (Wildman–Crippen MR) is 61.7 cm³/mol. The van der Waals surface area contributed by atoms with Crippen LogP contribution >= 0.6 is 0 Å². The van der Waals surface area contributed by atoms with E-state index in [2.05, 4.69) is 15.1 Å². The lowest BCUT2D eigenvalue weighted by molar-refractivity contribution is -0.138. The lowest BCUT2D eigenvalue weighted by Crippen LogP contribution is -2.19. The summed E-state index contributed by atoms with van der Waals surface area (Å²) in [6.07, 6.45) is 3.17. The Hall–Kier alpha value is -2.16. The molecule has 0 fully saturated rings. The first-order chi connectivity index (χ1) is 8.08. The molecule has 0 aromatic rings. The van der Waals surface area contributed by atoms with E-state index in [9.17, 15) is 4.79 Å². The number of ether oxygens (including phenoxy) is 1. The number of azo groups is 1. The first-order valence-corrected chi connectivity index (χ1v) is 5.14. The molecule has 6 nitrogen and oxygen atoms in total. The topological polar surface area (TPSA) is 58.6 Å². The van der Waals surface area contributed by atoms with Gasteiger partial charge in [-0.1, -0.05) is 11.7 Å². The smallest absolute Gasteiger partial charge is 0.338 e. The third-order valence-corrected chi connectivity index (χ3v) is 1.93. The van der Waals surface area contributed by atoms with Gasteiger partial charge in [0.2, 0.25) is 0 Å². The highest BCUT2D eigenvalue weighted by Gasteiger charge is 2.26. The molecule has 0 amide bonds. The largest absolute Gasteiger partial charge is 0.463 e. The van der Waals surface area contributed by atoms with Crippen LogP contribution in [0, 0.1) is 6.57 Å². The average molecular weight is 234 g/mol. The van der Waals surface area contributed by atoms with Gasteiger partial charge in [0.05, 0.1) is 12.2 Å². The molecule has 1 atom stereocenters. The minimum Gasteiger partial charge on any atom is -0.463 e. The first kappa shape index (κ1) is 12.9. The van der Waals surface area contributed by atoms with E-state index >= 15 is 0 Å². The molecule has 1 aliphatic rings. The quantitative estimate of drug-likeness (QED) is 0.421. The van der Waals surface area contributed by atoms with Crippen molar-refractivity contribution in [2.24, 2.45) is 10.2 Å². The molecule has 0 saturated carbocycles. The maximum atomic E-state index is 11.7. The van der Waals surface area contributed by atoms with Crippen molar-refractivity contribution in [1.29, 1.82) is 0 Å². The van der Waals surface area contributed by atoms with Gasteiger partial charge in [0, 0.05) is 20.3 Å². The van der Waals surface area contributed by atoms with E-state index in [0.29, 0.717) is 12.2 Å². The monoisotopic (exact) mass is 234 g/mol. The number of hydrogen-bond acceptors (Lipinski definition) is 5. The minimum absolute atomic E-state index is 0.198. The summed E-state index contributed by atoms with van der Waals surface area (Å²) in [5.74, 6) is -0.239. The Morgan fingerprint density at radius 2 is 2.41 bits per heavy atom. The van der Waals surface area contributed by atoms with Crippen LogP contribution in [0.1, 0.15) is 6.92 Å². The van der Waals surface area contributed by atoms with Gasteiger partial charge in [-0.05, 0) is 18.1 Å². The van der Waals surface area contributed by atoms with Gasteiger partial charge in [-0.25, -0.2) is 4.79 Å². The third-order valence-electron chi connectivity index (χ3n) is 1.93. The molecular weight excluding hydrogens is 220 g/mol. The molecule has 0 saturated heterocycles. The molecule has 6 heteroatoms. The fourth-order valence-corrected chi connectivity index (χ4v) is 1.28. The normalized spacial score (nSPS) is 18.6. The Balaban J connectivity index is 2.95. The van der Waals surface area contributed by atoms with Gasteiger partial charge < -0.3 is 14.5 Å². The lowest BCUT2D eigenvalue weighted by atomic mass is 10.1. The number of rotatable bonds is 4. The molecular formula is C11H14N4O2. The predicted octanol–water partition coefficient (Wildman–Crippen LogP) is 1.59. The lowest BCUT2D eigenvalue weighted by Gasteiger charge is -2.12. The molecule has 0 bridgehead atoms. The van der Waals surface area contributed by atoms with Crippen LogP contribution in [0.15, 0.2) is 33.9 Å². The van der Waals surface area contributed by atoms with Crippen molar-refractivity contribution in [3.8, 4) is 0 Å². The van der Waals surface area contributed by atoms with Gasteiger partial charge in [-0.3, -0.25) is 0 Å². The fourth-order valence-electron chi connectivity index (χ4n) is 1.28. The number of carbonyl (C=O) groups is 1. The van der Waals surface area contributed by atoms with E-state index in [1.165, 1.54) is 0 Å². The summed E-state index contributed by atoms with van der Waals surface area (Å²) < 4.78 is 4.94. The second kappa shape index (κ2) is 5.80. The van der Waals surface area contributed by atoms with Crippen LogP contribution in [-0.4, -0.2) is 37.6 Å². The molecule has 1 heterocycles. The highest BCUT2D eigenvalue weighted by molar-refractivity contribution is 5.90. The zero-order chi connectivity index (χ0) is 12.8. The SMILES string of the molecule is [C-]#[N+]C1=CC(/C(=C/N(C)C)C(=O)OCC)N=N1. The summed E-state index contributed by atoms with van der Waals surface area (Å²) in [5.41, 5.74) is 0.374. The number of esters is 1. The van der Waals surface area contributed by atoms with Crippen molar-refractivity contribution in [2.45, 2.75) is 13.0 Å². The summed E-state index contributed by atoms with van der Waals surface area (Å²) in [4.78, 5) is 16.6. The number of carbonyl (C=O) groups excluding carboxylic acids is 1. The molecule has 0 spiro atoms. The summed E-state index contributed by atoms with van der Waals surface area (Å²) in [5, 5.41) is 7.54. The second-order valence-corrected chi connectivity index (χ2v) is 3.57. The van der Waals surface area contributed by atoms with Gasteiger partial charge in [-0.15, -0.1) is 0 Å². The van der Waals surface area contributed by atoms with Gasteiger partial charge in [-0.2, -0.15) is 0 Å². The van der Waals surface area contributed by atoms with E-state index < -0.39 is 12.0 Å². The van der Waals surface area contributed by atoms with Crippen LogP contribution in [0.25, 0.3) is 4.85 Å². The zero-order valence-electron chi connectivity index (χ0n) is 10.0. The van der Waals surface area contributed by atoms with Crippen molar-refractivity contribution in [3.63, 3.8) is 0 Å². The minimum atomic E-state index is -0.527. The van der Waals surface area contributed by atoms with Crippen LogP contribution in [0.3, 0.4) is 0 Å². The average Bonchev–Trinajstić information content (AvgIpc) is 2.74. The Labute approximate surface area is 100 Å². The van der Waals surface area contributed by atoms with E-state index in [0.717, 1.165) is 0 Å². The number of nitrogens with zero attached hydrogens (tertiary/aromatic N) is 4. The Morgan fingerprint density at radius 1 is 1.71 bits per heavy atom. The highest BCUT2D eigenvalue weighted by atomic mass is 16.5. The van der Waals surface area contributed by atoms with Crippen LogP contribution < -0.4 is 0 Å². The molecule has 0 aromatic heterocycles. The highest BCUT2D eigenvalue weighted by Crippen LogP contribution is 2.21. The Morgan fingerprint density at radius 3 is 2.88 bits per heavy atom. The summed E-state index contributed by atoms with van der Waals surface area (Å²) in [7, 11) is 3.59. The molecule has 1 rings (SSSR count). The molecule has 1 unspecified atom stereocenters. The van der Waals surface area contributed by atoms with Gasteiger partial charge in [0.1, 0.15) is 6.04 Å². The molecule has 0 aromatic carbocycles. The van der Waals surface area contributed by atoms with Gasteiger partial charge in [0.15, 0.2) is 0 Å². The summed E-state index contributed by atoms with van der Waals surface area (Å²) in [6, 6.07) is -0.527. The Kier molecular flexibility index (Phi) is 4.40. The molecule has 1 aliphatic heterocycles. The standard InChI is InChI=1S/C11H14N4O2/c1-5-17-11(16)8(7-15(3)4)9-6-10(12-2)14-13-9/h6-7,9H,5H2,1,3-4H3/b8-7-. The molecule has 0 radical (unpaired) electrons. The molecule has 90 valence electrons. The van der Waals surface area contributed by atoms with E-state index in [4.69, 9.17) is 11.3 Å². The van der Waals surface area contributed by atoms with Crippen LogP contribution in [0.2, 0.25) is 0 Å².